The Labute approximate surface area is 170 Å². The molecule has 150 valence electrons. The van der Waals surface area contributed by atoms with E-state index in [-0.39, 0.29) is 11.3 Å². The fourth-order valence-corrected chi connectivity index (χ4v) is 5.44. The minimum atomic E-state index is 0.0414. The van der Waals surface area contributed by atoms with Gasteiger partial charge in [-0.1, -0.05) is 18.2 Å². The molecular weight excluding hydrogens is 372 g/mol. The number of rotatable bonds is 5. The monoisotopic (exact) mass is 400 g/mol. The molecule has 1 aromatic carbocycles. The predicted octanol–water partition coefficient (Wildman–Crippen LogP) is 2.79. The van der Waals surface area contributed by atoms with Gasteiger partial charge in [0, 0.05) is 49.6 Å². The van der Waals surface area contributed by atoms with Crippen molar-refractivity contribution in [2.24, 2.45) is 0 Å². The van der Waals surface area contributed by atoms with Crippen LogP contribution in [-0.2, 0) is 9.53 Å². The molecule has 4 rings (SSSR count). The number of benzene rings is 1. The Kier molecular flexibility index (Phi) is 6.04. The second-order valence-corrected chi connectivity index (χ2v) is 8.53. The van der Waals surface area contributed by atoms with Crippen LogP contribution in [0.4, 0.5) is 0 Å². The summed E-state index contributed by atoms with van der Waals surface area (Å²) in [5, 5.41) is 4.84. The zero-order valence-corrected chi connectivity index (χ0v) is 17.5. The van der Waals surface area contributed by atoms with Gasteiger partial charge in [0.25, 0.3) is 0 Å². The van der Waals surface area contributed by atoms with Gasteiger partial charge < -0.3 is 9.64 Å². The Morgan fingerprint density at radius 1 is 1.14 bits per heavy atom. The van der Waals surface area contributed by atoms with E-state index in [2.05, 4.69) is 35.8 Å². The number of carbonyl (C=O) groups is 1. The van der Waals surface area contributed by atoms with Gasteiger partial charge in [0.05, 0.1) is 24.6 Å². The lowest BCUT2D eigenvalue weighted by Crippen LogP contribution is -2.45. The Morgan fingerprint density at radius 2 is 1.89 bits per heavy atom. The number of amides is 1. The maximum atomic E-state index is 12.8. The minimum absolute atomic E-state index is 0.0414. The highest BCUT2D eigenvalue weighted by molar-refractivity contribution is 7.99. The molecule has 6 nitrogen and oxygen atoms in total. The van der Waals surface area contributed by atoms with Gasteiger partial charge in [-0.2, -0.15) is 5.10 Å². The first kappa shape index (κ1) is 19.5. The average molecular weight is 401 g/mol. The summed E-state index contributed by atoms with van der Waals surface area (Å²) in [7, 11) is 0. The molecule has 0 bridgehead atoms. The highest BCUT2D eigenvalue weighted by atomic mass is 32.2. The molecule has 0 aliphatic carbocycles. The Hall–Kier alpha value is -1.83. The van der Waals surface area contributed by atoms with Gasteiger partial charge in [-0.3, -0.25) is 9.69 Å². The number of hydrogen-bond acceptors (Lipinski definition) is 5. The molecule has 0 spiro atoms. The highest BCUT2D eigenvalue weighted by Crippen LogP contribution is 2.40. The van der Waals surface area contributed by atoms with Crippen LogP contribution in [0.1, 0.15) is 28.7 Å². The molecule has 2 fully saturated rings. The highest BCUT2D eigenvalue weighted by Gasteiger charge is 2.34. The third-order valence-corrected chi connectivity index (χ3v) is 6.80. The number of para-hydroxylation sites is 1. The molecule has 0 saturated carbocycles. The Balaban J connectivity index is 1.58. The van der Waals surface area contributed by atoms with E-state index in [0.717, 1.165) is 62.2 Å². The Bertz CT molecular complexity index is 817. The van der Waals surface area contributed by atoms with Crippen LogP contribution >= 0.6 is 11.8 Å². The predicted molar refractivity (Wildman–Crippen MR) is 112 cm³/mol. The van der Waals surface area contributed by atoms with Gasteiger partial charge in [0.2, 0.25) is 5.91 Å². The fourth-order valence-electron chi connectivity index (χ4n) is 4.01. The van der Waals surface area contributed by atoms with E-state index in [1.54, 1.807) is 0 Å². The number of aromatic nitrogens is 2. The van der Waals surface area contributed by atoms with Crippen LogP contribution in [0.25, 0.3) is 5.69 Å². The molecule has 28 heavy (non-hydrogen) atoms. The van der Waals surface area contributed by atoms with Crippen LogP contribution in [0, 0.1) is 13.8 Å². The topological polar surface area (TPSA) is 50.6 Å². The number of hydrogen-bond donors (Lipinski definition) is 0. The molecule has 2 aliphatic heterocycles. The van der Waals surface area contributed by atoms with Gasteiger partial charge in [0.15, 0.2) is 0 Å². The standard InChI is InChI=1S/C21H28N4O2S/c1-16-20(17(2)25(22-16)18-6-4-3-5-7-18)21-24(19(26)8-15-28-21)10-9-23-11-13-27-14-12-23/h3-7,21H,8-15H2,1-2H3. The van der Waals surface area contributed by atoms with Gasteiger partial charge in [0.1, 0.15) is 5.37 Å². The zero-order valence-electron chi connectivity index (χ0n) is 16.6. The van der Waals surface area contributed by atoms with Gasteiger partial charge in [-0.25, -0.2) is 4.68 Å². The molecule has 0 radical (unpaired) electrons. The lowest BCUT2D eigenvalue weighted by Gasteiger charge is -2.37. The number of carbonyl (C=O) groups excluding carboxylic acids is 1. The summed E-state index contributed by atoms with van der Waals surface area (Å²) in [5.74, 6) is 1.12. The van der Waals surface area contributed by atoms with Crippen LogP contribution in [0.3, 0.4) is 0 Å². The van der Waals surface area contributed by atoms with Crippen LogP contribution in [-0.4, -0.2) is 70.6 Å². The van der Waals surface area contributed by atoms with Crippen molar-refractivity contribution in [3.63, 3.8) is 0 Å². The lowest BCUT2D eigenvalue weighted by molar-refractivity contribution is -0.132. The molecule has 1 amide bonds. The number of aryl methyl sites for hydroxylation is 1. The van der Waals surface area contributed by atoms with E-state index in [4.69, 9.17) is 9.84 Å². The molecule has 1 unspecified atom stereocenters. The summed E-state index contributed by atoms with van der Waals surface area (Å²) < 4.78 is 7.45. The van der Waals surface area contributed by atoms with Gasteiger partial charge in [-0.15, -0.1) is 11.8 Å². The van der Waals surface area contributed by atoms with Crippen molar-refractivity contribution in [3.05, 3.63) is 47.3 Å². The average Bonchev–Trinajstić information content (AvgIpc) is 3.02. The molecule has 2 aliphatic rings. The summed E-state index contributed by atoms with van der Waals surface area (Å²) in [6.45, 7) is 9.29. The van der Waals surface area contributed by atoms with Crippen LogP contribution in [0.15, 0.2) is 30.3 Å². The third kappa shape index (κ3) is 3.97. The lowest BCUT2D eigenvalue weighted by atomic mass is 10.1. The Morgan fingerprint density at radius 3 is 2.64 bits per heavy atom. The van der Waals surface area contributed by atoms with Crippen LogP contribution in [0.2, 0.25) is 0 Å². The first-order chi connectivity index (χ1) is 13.6. The van der Waals surface area contributed by atoms with E-state index in [0.29, 0.717) is 6.42 Å². The van der Waals surface area contributed by atoms with Crippen molar-refractivity contribution in [1.29, 1.82) is 0 Å². The molecular formula is C21H28N4O2S. The molecule has 7 heteroatoms. The molecule has 2 aromatic rings. The zero-order chi connectivity index (χ0) is 19.5. The first-order valence-electron chi connectivity index (χ1n) is 9.98. The van der Waals surface area contributed by atoms with E-state index in [9.17, 15) is 4.79 Å². The minimum Gasteiger partial charge on any atom is -0.379 e. The van der Waals surface area contributed by atoms with Crippen molar-refractivity contribution >= 4 is 17.7 Å². The number of nitrogens with zero attached hydrogens (tertiary/aromatic N) is 4. The maximum Gasteiger partial charge on any atom is 0.224 e. The van der Waals surface area contributed by atoms with E-state index in [1.807, 2.05) is 34.6 Å². The summed E-state index contributed by atoms with van der Waals surface area (Å²) in [6, 6.07) is 10.2. The van der Waals surface area contributed by atoms with Crippen LogP contribution in [0.5, 0.6) is 0 Å². The summed E-state index contributed by atoms with van der Waals surface area (Å²) in [6.07, 6.45) is 0.620. The normalized spacial score (nSPS) is 21.3. The van der Waals surface area contributed by atoms with Crippen molar-refractivity contribution in [1.82, 2.24) is 19.6 Å². The number of ether oxygens (including phenoxy) is 1. The molecule has 3 heterocycles. The fraction of sp³-hybridized carbons (Fsp3) is 0.524. The summed E-state index contributed by atoms with van der Waals surface area (Å²) in [5.41, 5.74) is 4.36. The van der Waals surface area contributed by atoms with Crippen molar-refractivity contribution in [2.45, 2.75) is 25.6 Å². The van der Waals surface area contributed by atoms with Crippen LogP contribution < -0.4 is 0 Å². The SMILES string of the molecule is Cc1nn(-c2ccccc2)c(C)c1C1SCCC(=O)N1CCN1CCOCC1. The second kappa shape index (κ2) is 8.68. The second-order valence-electron chi connectivity index (χ2n) is 7.35. The van der Waals surface area contributed by atoms with E-state index >= 15 is 0 Å². The van der Waals surface area contributed by atoms with Gasteiger partial charge >= 0.3 is 0 Å². The van der Waals surface area contributed by atoms with E-state index < -0.39 is 0 Å². The third-order valence-electron chi connectivity index (χ3n) is 5.55. The van der Waals surface area contributed by atoms with Crippen molar-refractivity contribution in [2.75, 3.05) is 45.1 Å². The maximum absolute atomic E-state index is 12.8. The summed E-state index contributed by atoms with van der Waals surface area (Å²) >= 11 is 1.86. The number of thioether (sulfide) groups is 1. The number of morpholine rings is 1. The van der Waals surface area contributed by atoms with Crippen molar-refractivity contribution in [3.8, 4) is 5.69 Å². The molecule has 1 atom stereocenters. The first-order valence-corrected chi connectivity index (χ1v) is 11.0. The smallest absolute Gasteiger partial charge is 0.224 e. The molecule has 0 N–H and O–H groups in total. The molecule has 1 aromatic heterocycles. The largest absolute Gasteiger partial charge is 0.379 e. The summed E-state index contributed by atoms with van der Waals surface area (Å²) in [4.78, 5) is 17.2. The quantitative estimate of drug-likeness (QED) is 0.773. The van der Waals surface area contributed by atoms with E-state index in [1.165, 1.54) is 5.56 Å². The molecule has 2 saturated heterocycles. The van der Waals surface area contributed by atoms with Gasteiger partial charge in [-0.05, 0) is 26.0 Å². The van der Waals surface area contributed by atoms with Crippen molar-refractivity contribution < 1.29 is 9.53 Å².